The van der Waals surface area contributed by atoms with Gasteiger partial charge in [-0.2, -0.15) is 5.10 Å². The summed E-state index contributed by atoms with van der Waals surface area (Å²) in [5, 5.41) is 4.54. The minimum atomic E-state index is 0.178. The van der Waals surface area contributed by atoms with Crippen LogP contribution in [0.15, 0.2) is 42.6 Å². The second-order valence-corrected chi connectivity index (χ2v) is 6.06. The first-order valence-corrected chi connectivity index (χ1v) is 7.91. The lowest BCUT2D eigenvalue weighted by Gasteiger charge is -2.22. The van der Waals surface area contributed by atoms with Crippen LogP contribution in [0.5, 0.6) is 0 Å². The summed E-state index contributed by atoms with van der Waals surface area (Å²) in [4.78, 5) is 9.64. The van der Waals surface area contributed by atoms with Crippen molar-refractivity contribution < 1.29 is 0 Å². The Bertz CT molecular complexity index is 838. The molecular formula is C18H19N5. The van der Waals surface area contributed by atoms with Crippen molar-refractivity contribution in [3.05, 3.63) is 53.9 Å². The number of hydrogen-bond acceptors (Lipinski definition) is 4. The molecule has 3 aromatic rings. The van der Waals surface area contributed by atoms with Crippen LogP contribution in [0.2, 0.25) is 0 Å². The third-order valence-corrected chi connectivity index (χ3v) is 4.30. The van der Waals surface area contributed by atoms with Gasteiger partial charge in [-0.15, -0.1) is 0 Å². The van der Waals surface area contributed by atoms with Crippen molar-refractivity contribution in [2.24, 2.45) is 12.8 Å². The van der Waals surface area contributed by atoms with Crippen molar-refractivity contribution in [1.29, 1.82) is 0 Å². The second-order valence-electron chi connectivity index (χ2n) is 6.06. The highest BCUT2D eigenvalue weighted by Crippen LogP contribution is 2.30. The molecule has 23 heavy (non-hydrogen) atoms. The first-order chi connectivity index (χ1) is 11.2. The molecule has 1 aliphatic rings. The van der Waals surface area contributed by atoms with E-state index < -0.39 is 0 Å². The number of aromatic nitrogens is 4. The highest BCUT2D eigenvalue weighted by Gasteiger charge is 2.23. The summed E-state index contributed by atoms with van der Waals surface area (Å²) in [5.74, 6) is 0.749. The lowest BCUT2D eigenvalue weighted by Crippen LogP contribution is -2.29. The fourth-order valence-corrected chi connectivity index (χ4v) is 3.11. The van der Waals surface area contributed by atoms with Gasteiger partial charge in [0, 0.05) is 42.5 Å². The molecule has 1 atom stereocenters. The molecule has 2 aromatic heterocycles. The predicted molar refractivity (Wildman–Crippen MR) is 89.7 cm³/mol. The van der Waals surface area contributed by atoms with Gasteiger partial charge in [-0.1, -0.05) is 30.3 Å². The van der Waals surface area contributed by atoms with Crippen LogP contribution in [0, 0.1) is 0 Å². The number of benzene rings is 1. The van der Waals surface area contributed by atoms with E-state index in [1.54, 1.807) is 4.68 Å². The molecule has 4 rings (SSSR count). The molecule has 1 unspecified atom stereocenters. The molecule has 0 aliphatic heterocycles. The molecule has 2 heterocycles. The molecule has 1 aliphatic carbocycles. The maximum Gasteiger partial charge on any atom is 0.160 e. The Morgan fingerprint density at radius 1 is 1.13 bits per heavy atom. The average molecular weight is 305 g/mol. The van der Waals surface area contributed by atoms with Crippen molar-refractivity contribution >= 4 is 0 Å². The fourth-order valence-electron chi connectivity index (χ4n) is 3.11. The highest BCUT2D eigenvalue weighted by atomic mass is 15.2. The summed E-state index contributed by atoms with van der Waals surface area (Å²) in [6, 6.07) is 12.3. The molecule has 5 nitrogen and oxygen atoms in total. The smallest absolute Gasteiger partial charge is 0.160 e. The van der Waals surface area contributed by atoms with Crippen molar-refractivity contribution in [3.63, 3.8) is 0 Å². The van der Waals surface area contributed by atoms with Crippen LogP contribution in [-0.4, -0.2) is 25.8 Å². The number of aryl methyl sites for hydroxylation is 1. The summed E-state index contributed by atoms with van der Waals surface area (Å²) < 4.78 is 1.81. The normalized spacial score (nSPS) is 17.0. The first-order valence-electron chi connectivity index (χ1n) is 7.91. The van der Waals surface area contributed by atoms with E-state index in [2.05, 4.69) is 5.10 Å². The van der Waals surface area contributed by atoms with E-state index >= 15 is 0 Å². The second kappa shape index (κ2) is 5.59. The maximum absolute atomic E-state index is 6.15. The van der Waals surface area contributed by atoms with E-state index in [1.165, 1.54) is 5.56 Å². The zero-order valence-corrected chi connectivity index (χ0v) is 13.1. The highest BCUT2D eigenvalue weighted by molar-refractivity contribution is 5.65. The number of hydrogen-bond donors (Lipinski definition) is 1. The van der Waals surface area contributed by atoms with E-state index in [-0.39, 0.29) is 6.04 Å². The summed E-state index contributed by atoms with van der Waals surface area (Å²) in [6.45, 7) is 0. The lowest BCUT2D eigenvalue weighted by atomic mass is 9.90. The Labute approximate surface area is 135 Å². The van der Waals surface area contributed by atoms with Gasteiger partial charge in [-0.25, -0.2) is 9.97 Å². The van der Waals surface area contributed by atoms with Crippen LogP contribution in [0.1, 0.15) is 17.7 Å². The van der Waals surface area contributed by atoms with E-state index in [9.17, 15) is 0 Å². The average Bonchev–Trinajstić information content (AvgIpc) is 3.00. The largest absolute Gasteiger partial charge is 0.327 e. The van der Waals surface area contributed by atoms with Gasteiger partial charge in [0.05, 0.1) is 5.69 Å². The summed E-state index contributed by atoms with van der Waals surface area (Å²) >= 11 is 0. The number of nitrogens with zero attached hydrogens (tertiary/aromatic N) is 4. The molecule has 1 aromatic carbocycles. The van der Waals surface area contributed by atoms with Crippen LogP contribution in [-0.2, 0) is 19.9 Å². The van der Waals surface area contributed by atoms with E-state index in [0.29, 0.717) is 0 Å². The minimum absolute atomic E-state index is 0.178. The van der Waals surface area contributed by atoms with Gasteiger partial charge in [0.15, 0.2) is 5.82 Å². The number of fused-ring (bicyclic) bond motifs is 1. The van der Waals surface area contributed by atoms with Crippen molar-refractivity contribution in [3.8, 4) is 22.8 Å². The lowest BCUT2D eigenvalue weighted by molar-refractivity contribution is 0.564. The van der Waals surface area contributed by atoms with Gasteiger partial charge in [0.25, 0.3) is 0 Å². The van der Waals surface area contributed by atoms with Gasteiger partial charge in [-0.3, -0.25) is 4.68 Å². The number of rotatable bonds is 2. The molecule has 116 valence electrons. The topological polar surface area (TPSA) is 69.6 Å². The van der Waals surface area contributed by atoms with Crippen LogP contribution >= 0.6 is 0 Å². The van der Waals surface area contributed by atoms with Crippen LogP contribution < -0.4 is 5.73 Å². The summed E-state index contributed by atoms with van der Waals surface area (Å²) in [7, 11) is 1.92. The van der Waals surface area contributed by atoms with Crippen molar-refractivity contribution in [2.45, 2.75) is 25.3 Å². The molecule has 0 saturated heterocycles. The zero-order chi connectivity index (χ0) is 15.8. The molecular weight excluding hydrogens is 286 g/mol. The third-order valence-electron chi connectivity index (χ3n) is 4.30. The third kappa shape index (κ3) is 2.64. The molecule has 2 N–H and O–H groups in total. The Hall–Kier alpha value is -2.53. The Balaban J connectivity index is 1.91. The Morgan fingerprint density at radius 3 is 2.70 bits per heavy atom. The predicted octanol–water partition coefficient (Wildman–Crippen LogP) is 2.36. The van der Waals surface area contributed by atoms with E-state index in [1.807, 2.05) is 49.6 Å². The molecule has 0 spiro atoms. The SMILES string of the molecule is Cn1ccc(-c2nc(-c3ccccc3)nc3c2CCC(N)C3)n1. The molecule has 5 heteroatoms. The summed E-state index contributed by atoms with van der Waals surface area (Å²) in [5.41, 5.74) is 11.3. The van der Waals surface area contributed by atoms with Crippen LogP contribution in [0.25, 0.3) is 22.8 Å². The van der Waals surface area contributed by atoms with Crippen LogP contribution in [0.4, 0.5) is 0 Å². The Morgan fingerprint density at radius 2 is 1.96 bits per heavy atom. The number of nitrogens with two attached hydrogens (primary N) is 1. The molecule has 0 radical (unpaired) electrons. The fraction of sp³-hybridized carbons (Fsp3) is 0.278. The first kappa shape index (κ1) is 14.1. The molecule has 0 fully saturated rings. The van der Waals surface area contributed by atoms with Gasteiger partial charge in [-0.05, 0) is 18.9 Å². The van der Waals surface area contributed by atoms with Gasteiger partial charge in [0.2, 0.25) is 0 Å². The monoisotopic (exact) mass is 305 g/mol. The molecule has 0 bridgehead atoms. The Kier molecular flexibility index (Phi) is 3.42. The maximum atomic E-state index is 6.15. The van der Waals surface area contributed by atoms with Crippen molar-refractivity contribution in [2.75, 3.05) is 0 Å². The standard InChI is InChI=1S/C18H19N5/c1-23-10-9-15(22-23)17-14-8-7-13(19)11-16(14)20-18(21-17)12-5-3-2-4-6-12/h2-6,9-10,13H,7-8,11,19H2,1H3. The van der Waals surface area contributed by atoms with Gasteiger partial charge < -0.3 is 5.73 Å². The minimum Gasteiger partial charge on any atom is -0.327 e. The van der Waals surface area contributed by atoms with E-state index in [0.717, 1.165) is 47.7 Å². The molecule has 0 saturated carbocycles. The van der Waals surface area contributed by atoms with Crippen molar-refractivity contribution in [1.82, 2.24) is 19.7 Å². The summed E-state index contributed by atoms with van der Waals surface area (Å²) in [6.07, 6.45) is 4.64. The van der Waals surface area contributed by atoms with E-state index in [4.69, 9.17) is 15.7 Å². The van der Waals surface area contributed by atoms with Gasteiger partial charge >= 0.3 is 0 Å². The molecule has 0 amide bonds. The van der Waals surface area contributed by atoms with Gasteiger partial charge in [0.1, 0.15) is 5.69 Å². The van der Waals surface area contributed by atoms with Crippen LogP contribution in [0.3, 0.4) is 0 Å². The quantitative estimate of drug-likeness (QED) is 0.789. The zero-order valence-electron chi connectivity index (χ0n) is 13.1.